The maximum absolute atomic E-state index is 11.3. The van der Waals surface area contributed by atoms with Gasteiger partial charge in [0.05, 0.1) is 0 Å². The van der Waals surface area contributed by atoms with E-state index >= 15 is 0 Å². The Morgan fingerprint density at radius 3 is 3.00 bits per heavy atom. The lowest BCUT2D eigenvalue weighted by molar-refractivity contribution is -0.114. The van der Waals surface area contributed by atoms with Crippen LogP contribution >= 0.6 is 0 Å². The van der Waals surface area contributed by atoms with Gasteiger partial charge in [-0.2, -0.15) is 5.26 Å². The molecule has 0 aromatic heterocycles. The van der Waals surface area contributed by atoms with Gasteiger partial charge in [0, 0.05) is 29.9 Å². The van der Waals surface area contributed by atoms with Gasteiger partial charge in [-0.15, -0.1) is 4.91 Å². The fourth-order valence-corrected chi connectivity index (χ4v) is 3.72. The lowest BCUT2D eigenvalue weighted by Crippen LogP contribution is -2.38. The van der Waals surface area contributed by atoms with E-state index in [2.05, 4.69) is 16.2 Å². The normalized spacial score (nSPS) is 24.9. The zero-order valence-corrected chi connectivity index (χ0v) is 11.8. The van der Waals surface area contributed by atoms with Gasteiger partial charge in [-0.25, -0.2) is 0 Å². The van der Waals surface area contributed by atoms with E-state index in [9.17, 15) is 9.70 Å². The Morgan fingerprint density at radius 2 is 2.24 bits per heavy atom. The molecule has 1 fully saturated rings. The average Bonchev–Trinajstić information content (AvgIpc) is 2.52. The molecule has 5 nitrogen and oxygen atoms in total. The number of nitroso groups, excluding NO2 is 1. The molecule has 5 heteroatoms. The minimum Gasteiger partial charge on any atom is -0.374 e. The smallest absolute Gasteiger partial charge is 0.327 e. The van der Waals surface area contributed by atoms with E-state index in [0.717, 1.165) is 44.3 Å². The first-order valence-corrected chi connectivity index (χ1v) is 7.41. The molecule has 0 aromatic carbocycles. The van der Waals surface area contributed by atoms with Crippen molar-refractivity contribution in [2.75, 3.05) is 13.1 Å². The summed E-state index contributed by atoms with van der Waals surface area (Å²) in [7, 11) is 0. The molecular weight excluding hydrogens is 266 g/mol. The number of hydrogen-bond donors (Lipinski definition) is 0. The highest BCUT2D eigenvalue weighted by Gasteiger charge is 2.32. The summed E-state index contributed by atoms with van der Waals surface area (Å²) < 4.78 is 0. The summed E-state index contributed by atoms with van der Waals surface area (Å²) >= 11 is 0. The molecule has 21 heavy (non-hydrogen) atoms. The van der Waals surface area contributed by atoms with Crippen molar-refractivity contribution in [1.82, 2.24) is 4.90 Å². The molecule has 0 spiro atoms. The van der Waals surface area contributed by atoms with Gasteiger partial charge in [-0.05, 0) is 49.3 Å². The van der Waals surface area contributed by atoms with Gasteiger partial charge in [-0.3, -0.25) is 4.79 Å². The van der Waals surface area contributed by atoms with Crippen LogP contribution in [0.4, 0.5) is 0 Å². The standard InChI is InChI=1S/C16H17N3O2/c17-10-14(16(20)18-21)9-11-7-12-3-1-5-19-6-2-4-13(8-11)15(12)19/h7,9,13H,1-6,8H2/b14-9+. The minimum atomic E-state index is -0.980. The lowest BCUT2D eigenvalue weighted by atomic mass is 9.78. The third-order valence-corrected chi connectivity index (χ3v) is 4.52. The fraction of sp³-hybridized carbons (Fsp3) is 0.500. The molecule has 0 radical (unpaired) electrons. The van der Waals surface area contributed by atoms with Crippen molar-refractivity contribution in [1.29, 1.82) is 5.26 Å². The van der Waals surface area contributed by atoms with Gasteiger partial charge in [0.1, 0.15) is 11.6 Å². The molecule has 108 valence electrons. The lowest BCUT2D eigenvalue weighted by Gasteiger charge is -2.43. The second-order valence-electron chi connectivity index (χ2n) is 5.83. The molecule has 0 N–H and O–H groups in total. The van der Waals surface area contributed by atoms with E-state index in [1.54, 1.807) is 12.1 Å². The molecule has 0 aromatic rings. The van der Waals surface area contributed by atoms with Crippen LogP contribution < -0.4 is 0 Å². The van der Waals surface area contributed by atoms with Gasteiger partial charge < -0.3 is 4.90 Å². The molecule has 3 aliphatic rings. The van der Waals surface area contributed by atoms with Gasteiger partial charge in [0.2, 0.25) is 0 Å². The largest absolute Gasteiger partial charge is 0.374 e. The van der Waals surface area contributed by atoms with Crippen LogP contribution in [0.15, 0.2) is 39.7 Å². The van der Waals surface area contributed by atoms with Gasteiger partial charge in [0.15, 0.2) is 0 Å². The topological polar surface area (TPSA) is 73.5 Å². The highest BCUT2D eigenvalue weighted by atomic mass is 16.3. The molecule has 2 aliphatic heterocycles. The molecular formula is C16H17N3O2. The quantitative estimate of drug-likeness (QED) is 0.444. The number of carbonyl (C=O) groups excluding carboxylic acids is 1. The van der Waals surface area contributed by atoms with Crippen LogP contribution in [0.1, 0.15) is 32.1 Å². The molecule has 1 aliphatic carbocycles. The zero-order valence-electron chi connectivity index (χ0n) is 11.8. The van der Waals surface area contributed by atoms with Crippen LogP contribution in [0.5, 0.6) is 0 Å². The van der Waals surface area contributed by atoms with E-state index in [-0.39, 0.29) is 5.57 Å². The summed E-state index contributed by atoms with van der Waals surface area (Å²) in [5.74, 6) is -0.489. The Balaban J connectivity index is 1.95. The predicted molar refractivity (Wildman–Crippen MR) is 77.8 cm³/mol. The first kappa shape index (κ1) is 13.7. The van der Waals surface area contributed by atoms with Crippen LogP contribution in [0.2, 0.25) is 0 Å². The molecule has 0 saturated carbocycles. The first-order chi connectivity index (χ1) is 10.2. The number of nitriles is 1. The summed E-state index contributed by atoms with van der Waals surface area (Å²) in [6.45, 7) is 2.29. The number of carbonyl (C=O) groups is 1. The Labute approximate surface area is 123 Å². The third kappa shape index (κ3) is 2.54. The molecule has 1 saturated heterocycles. The Kier molecular flexibility index (Phi) is 3.70. The Morgan fingerprint density at radius 1 is 1.43 bits per heavy atom. The number of rotatable bonds is 2. The third-order valence-electron chi connectivity index (χ3n) is 4.52. The number of amides is 1. The molecule has 2 heterocycles. The number of allylic oxidation sites excluding steroid dienone is 5. The molecule has 1 unspecified atom stereocenters. The monoisotopic (exact) mass is 283 g/mol. The van der Waals surface area contributed by atoms with Crippen molar-refractivity contribution in [3.05, 3.63) is 39.5 Å². The summed E-state index contributed by atoms with van der Waals surface area (Å²) in [6, 6.07) is 1.78. The zero-order chi connectivity index (χ0) is 14.8. The molecule has 0 bridgehead atoms. The fourth-order valence-electron chi connectivity index (χ4n) is 3.72. The summed E-state index contributed by atoms with van der Waals surface area (Å²) in [4.78, 5) is 24.1. The minimum absolute atomic E-state index is 0.163. The highest BCUT2D eigenvalue weighted by Crippen LogP contribution is 2.42. The van der Waals surface area contributed by atoms with Crippen LogP contribution in [-0.2, 0) is 4.79 Å². The first-order valence-electron chi connectivity index (χ1n) is 7.41. The maximum Gasteiger partial charge on any atom is 0.327 e. The van der Waals surface area contributed by atoms with Crippen molar-refractivity contribution in [3.63, 3.8) is 0 Å². The number of piperidine rings is 1. The van der Waals surface area contributed by atoms with Crippen molar-refractivity contribution < 1.29 is 4.79 Å². The number of hydrogen-bond acceptors (Lipinski definition) is 4. The highest BCUT2D eigenvalue weighted by molar-refractivity contribution is 5.98. The Hall–Kier alpha value is -2.22. The van der Waals surface area contributed by atoms with Crippen LogP contribution in [-0.4, -0.2) is 23.9 Å². The summed E-state index contributed by atoms with van der Waals surface area (Å²) in [5, 5.41) is 11.3. The van der Waals surface area contributed by atoms with Crippen LogP contribution in [0, 0.1) is 22.2 Å². The Bertz CT molecular complexity index is 622. The van der Waals surface area contributed by atoms with Crippen molar-refractivity contribution >= 4 is 5.91 Å². The summed E-state index contributed by atoms with van der Waals surface area (Å²) in [5.41, 5.74) is 3.62. The van der Waals surface area contributed by atoms with Gasteiger partial charge >= 0.3 is 5.91 Å². The average molecular weight is 283 g/mol. The van der Waals surface area contributed by atoms with Crippen LogP contribution in [0.25, 0.3) is 0 Å². The second-order valence-corrected chi connectivity index (χ2v) is 5.83. The predicted octanol–water partition coefficient (Wildman–Crippen LogP) is 2.82. The van der Waals surface area contributed by atoms with Crippen molar-refractivity contribution in [2.24, 2.45) is 11.1 Å². The van der Waals surface area contributed by atoms with E-state index in [1.165, 1.54) is 17.7 Å². The van der Waals surface area contributed by atoms with Crippen LogP contribution in [0.3, 0.4) is 0 Å². The van der Waals surface area contributed by atoms with Crippen molar-refractivity contribution in [2.45, 2.75) is 32.1 Å². The van der Waals surface area contributed by atoms with E-state index < -0.39 is 5.91 Å². The molecule has 1 amide bonds. The maximum atomic E-state index is 11.3. The van der Waals surface area contributed by atoms with E-state index in [4.69, 9.17) is 5.26 Å². The SMILES string of the molecule is N#C/C(=C\C1=CC2=C3C(CCCN3CCC2)C1)C(=O)N=O. The number of nitrogens with zero attached hydrogens (tertiary/aromatic N) is 3. The molecule has 1 atom stereocenters. The van der Waals surface area contributed by atoms with E-state index in [1.807, 2.05) is 0 Å². The van der Waals surface area contributed by atoms with Crippen molar-refractivity contribution in [3.8, 4) is 6.07 Å². The van der Waals surface area contributed by atoms with Gasteiger partial charge in [-0.1, -0.05) is 6.08 Å². The van der Waals surface area contributed by atoms with E-state index in [0.29, 0.717) is 5.92 Å². The van der Waals surface area contributed by atoms with Gasteiger partial charge in [0.25, 0.3) is 0 Å². The molecule has 3 rings (SSSR count). The summed E-state index contributed by atoms with van der Waals surface area (Å²) in [6.07, 6.45) is 9.04. The second kappa shape index (κ2) is 5.65.